The van der Waals surface area contributed by atoms with Crippen molar-refractivity contribution in [2.24, 2.45) is 11.8 Å². The Kier molecular flexibility index (Phi) is 6.72. The van der Waals surface area contributed by atoms with Gasteiger partial charge in [0.05, 0.1) is 6.10 Å². The van der Waals surface area contributed by atoms with Gasteiger partial charge in [-0.05, 0) is 38.5 Å². The van der Waals surface area contributed by atoms with Crippen molar-refractivity contribution >= 4 is 13.8 Å². The van der Waals surface area contributed by atoms with E-state index in [1.165, 1.54) is 0 Å². The molecule has 18 heavy (non-hydrogen) atoms. The van der Waals surface area contributed by atoms with E-state index in [1.54, 1.807) is 7.05 Å². The van der Waals surface area contributed by atoms with E-state index in [9.17, 15) is 4.79 Å². The second kappa shape index (κ2) is 7.79. The van der Waals surface area contributed by atoms with Crippen LogP contribution in [0, 0.1) is 11.8 Å². The van der Waals surface area contributed by atoms with Gasteiger partial charge in [-0.15, -0.1) is 0 Å². The van der Waals surface area contributed by atoms with Crippen molar-refractivity contribution in [2.45, 2.75) is 45.2 Å². The van der Waals surface area contributed by atoms with E-state index < -0.39 is 0 Å². The van der Waals surface area contributed by atoms with Gasteiger partial charge in [-0.25, -0.2) is 0 Å². The molecule has 1 aliphatic rings. The molecular weight excluding hydrogens is 229 g/mol. The Morgan fingerprint density at radius 2 is 2.17 bits per heavy atom. The highest BCUT2D eigenvalue weighted by Gasteiger charge is 2.39. The number of carbonyl (C=O) groups excluding carboxylic acids is 1. The van der Waals surface area contributed by atoms with E-state index in [1.807, 2.05) is 13.8 Å². The van der Waals surface area contributed by atoms with Crippen LogP contribution in [0.25, 0.3) is 0 Å². The second-order valence-electron chi connectivity index (χ2n) is 4.85. The molecule has 0 bridgehead atoms. The SMILES string of the molecule is [B][C@@H]1O[C@H](C)C(CC(=O)NC)C1CCCOCC. The lowest BCUT2D eigenvalue weighted by atomic mass is 9.76. The summed E-state index contributed by atoms with van der Waals surface area (Å²) < 4.78 is 11.0. The van der Waals surface area contributed by atoms with Crippen molar-refractivity contribution in [1.29, 1.82) is 0 Å². The Labute approximate surface area is 111 Å². The Hall–Kier alpha value is -0.545. The van der Waals surface area contributed by atoms with Crippen LogP contribution in [0.4, 0.5) is 0 Å². The van der Waals surface area contributed by atoms with Crippen LogP contribution in [0.1, 0.15) is 33.1 Å². The Morgan fingerprint density at radius 3 is 2.78 bits per heavy atom. The maximum atomic E-state index is 11.5. The summed E-state index contributed by atoms with van der Waals surface area (Å²) in [5, 5.41) is 2.66. The summed E-state index contributed by atoms with van der Waals surface area (Å²) in [6, 6.07) is -0.253. The number of nitrogens with one attached hydrogen (secondary N) is 1. The van der Waals surface area contributed by atoms with Crippen LogP contribution in [0.3, 0.4) is 0 Å². The molecule has 5 heteroatoms. The van der Waals surface area contributed by atoms with Gasteiger partial charge < -0.3 is 14.8 Å². The first-order valence-corrected chi connectivity index (χ1v) is 6.79. The zero-order valence-electron chi connectivity index (χ0n) is 11.6. The first kappa shape index (κ1) is 15.5. The van der Waals surface area contributed by atoms with Gasteiger partial charge >= 0.3 is 0 Å². The molecule has 0 spiro atoms. The molecule has 1 fully saturated rings. The van der Waals surface area contributed by atoms with E-state index in [-0.39, 0.29) is 29.9 Å². The number of rotatable bonds is 7. The molecule has 2 radical (unpaired) electrons. The van der Waals surface area contributed by atoms with Crippen LogP contribution in [-0.4, -0.2) is 46.1 Å². The average Bonchev–Trinajstić information content (AvgIpc) is 2.60. The number of ether oxygens (including phenoxy) is 2. The molecule has 4 atom stereocenters. The third kappa shape index (κ3) is 4.28. The van der Waals surface area contributed by atoms with Crippen molar-refractivity contribution in [3.8, 4) is 0 Å². The molecule has 1 amide bonds. The maximum absolute atomic E-state index is 11.5. The zero-order chi connectivity index (χ0) is 13.5. The molecule has 0 aromatic heterocycles. The van der Waals surface area contributed by atoms with Crippen molar-refractivity contribution in [1.82, 2.24) is 5.32 Å². The maximum Gasteiger partial charge on any atom is 0.220 e. The van der Waals surface area contributed by atoms with E-state index in [0.717, 1.165) is 26.1 Å². The van der Waals surface area contributed by atoms with E-state index in [0.29, 0.717) is 6.42 Å². The predicted octanol–water partition coefficient (Wildman–Crippen LogP) is 1.08. The van der Waals surface area contributed by atoms with Crippen LogP contribution in [0.15, 0.2) is 0 Å². The Balaban J connectivity index is 2.46. The normalized spacial score (nSPS) is 31.5. The van der Waals surface area contributed by atoms with Gasteiger partial charge in [0.25, 0.3) is 0 Å². The summed E-state index contributed by atoms with van der Waals surface area (Å²) in [4.78, 5) is 11.5. The minimum Gasteiger partial charge on any atom is -0.384 e. The topological polar surface area (TPSA) is 47.6 Å². The minimum absolute atomic E-state index is 0.0504. The number of hydrogen-bond acceptors (Lipinski definition) is 3. The molecule has 1 aliphatic heterocycles. The summed E-state index contributed by atoms with van der Waals surface area (Å²) >= 11 is 0. The fourth-order valence-electron chi connectivity index (χ4n) is 2.62. The molecule has 1 heterocycles. The highest BCUT2D eigenvalue weighted by molar-refractivity contribution is 6.11. The number of hydrogen-bond donors (Lipinski definition) is 1. The molecule has 1 saturated heterocycles. The first-order valence-electron chi connectivity index (χ1n) is 6.79. The van der Waals surface area contributed by atoms with Crippen molar-refractivity contribution < 1.29 is 14.3 Å². The predicted molar refractivity (Wildman–Crippen MR) is 71.5 cm³/mol. The van der Waals surface area contributed by atoms with Gasteiger partial charge in [0, 0.05) is 32.7 Å². The van der Waals surface area contributed by atoms with Crippen LogP contribution in [-0.2, 0) is 14.3 Å². The van der Waals surface area contributed by atoms with Crippen molar-refractivity contribution in [2.75, 3.05) is 20.3 Å². The van der Waals surface area contributed by atoms with Gasteiger partial charge in [0.2, 0.25) is 5.91 Å². The molecule has 0 saturated carbocycles. The fourth-order valence-corrected chi connectivity index (χ4v) is 2.62. The smallest absolute Gasteiger partial charge is 0.220 e. The molecule has 1 N–H and O–H groups in total. The lowest BCUT2D eigenvalue weighted by Crippen LogP contribution is -2.29. The molecular formula is C13H24BNO3. The standard InChI is InChI=1S/C13H24BNO3/c1-4-17-7-5-6-10-11(8-12(16)15-3)9(2)18-13(10)14/h9-11,13H,4-8H2,1-3H3,(H,15,16)/t9-,10?,11?,13-/m1/s1. The highest BCUT2D eigenvalue weighted by atomic mass is 16.5. The summed E-state index contributed by atoms with van der Waals surface area (Å²) in [5.41, 5.74) is 0. The molecule has 4 nitrogen and oxygen atoms in total. The van der Waals surface area contributed by atoms with Gasteiger partial charge in [-0.3, -0.25) is 4.79 Å². The minimum atomic E-state index is -0.253. The summed E-state index contributed by atoms with van der Waals surface area (Å²) in [5.74, 6) is 0.513. The molecule has 1 rings (SSSR count). The largest absolute Gasteiger partial charge is 0.384 e. The van der Waals surface area contributed by atoms with Gasteiger partial charge in [0.1, 0.15) is 7.85 Å². The molecule has 2 unspecified atom stereocenters. The monoisotopic (exact) mass is 253 g/mol. The molecule has 0 aromatic carbocycles. The highest BCUT2D eigenvalue weighted by Crippen LogP contribution is 2.36. The van der Waals surface area contributed by atoms with Crippen LogP contribution in [0.2, 0.25) is 0 Å². The van der Waals surface area contributed by atoms with Crippen molar-refractivity contribution in [3.05, 3.63) is 0 Å². The van der Waals surface area contributed by atoms with Crippen LogP contribution < -0.4 is 5.32 Å². The number of amides is 1. The fraction of sp³-hybridized carbons (Fsp3) is 0.923. The lowest BCUT2D eigenvalue weighted by molar-refractivity contribution is -0.122. The number of carbonyl (C=O) groups is 1. The van der Waals surface area contributed by atoms with Crippen LogP contribution in [0.5, 0.6) is 0 Å². The van der Waals surface area contributed by atoms with Gasteiger partial charge in [-0.2, -0.15) is 0 Å². The zero-order valence-corrected chi connectivity index (χ0v) is 11.6. The second-order valence-corrected chi connectivity index (χ2v) is 4.85. The van der Waals surface area contributed by atoms with E-state index in [4.69, 9.17) is 17.3 Å². The lowest BCUT2D eigenvalue weighted by Gasteiger charge is -2.21. The van der Waals surface area contributed by atoms with Gasteiger partial charge in [0.15, 0.2) is 0 Å². The molecule has 102 valence electrons. The summed E-state index contributed by atoms with van der Waals surface area (Å²) in [6.07, 6.45) is 2.46. The summed E-state index contributed by atoms with van der Waals surface area (Å²) in [6.45, 7) is 5.48. The van der Waals surface area contributed by atoms with Crippen LogP contribution >= 0.6 is 0 Å². The van der Waals surface area contributed by atoms with E-state index in [2.05, 4.69) is 5.32 Å². The first-order chi connectivity index (χ1) is 8.60. The third-order valence-corrected chi connectivity index (χ3v) is 3.68. The summed E-state index contributed by atoms with van der Waals surface area (Å²) in [7, 11) is 7.66. The quantitative estimate of drug-likeness (QED) is 0.545. The molecule has 0 aliphatic carbocycles. The van der Waals surface area contributed by atoms with Crippen molar-refractivity contribution in [3.63, 3.8) is 0 Å². The Morgan fingerprint density at radius 1 is 1.44 bits per heavy atom. The van der Waals surface area contributed by atoms with E-state index >= 15 is 0 Å². The molecule has 0 aromatic rings. The third-order valence-electron chi connectivity index (χ3n) is 3.68. The van der Waals surface area contributed by atoms with Gasteiger partial charge in [-0.1, -0.05) is 0 Å². The Bertz CT molecular complexity index is 263. The average molecular weight is 253 g/mol.